The molecule has 0 atom stereocenters. The molecule has 6 heteroatoms. The van der Waals surface area contributed by atoms with E-state index in [0.717, 1.165) is 11.3 Å². The highest BCUT2D eigenvalue weighted by atomic mass is 35.5. The van der Waals surface area contributed by atoms with Crippen molar-refractivity contribution < 1.29 is 4.74 Å². The van der Waals surface area contributed by atoms with Crippen LogP contribution in [-0.2, 0) is 4.74 Å². The van der Waals surface area contributed by atoms with Gasteiger partial charge < -0.3 is 15.4 Å². The van der Waals surface area contributed by atoms with E-state index in [9.17, 15) is 0 Å². The van der Waals surface area contributed by atoms with Crippen LogP contribution in [0.5, 0.6) is 0 Å². The predicted molar refractivity (Wildman–Crippen MR) is 83.6 cm³/mol. The van der Waals surface area contributed by atoms with Crippen molar-refractivity contribution in [1.29, 1.82) is 0 Å². The summed E-state index contributed by atoms with van der Waals surface area (Å²) in [5, 5.41) is 0.882. The highest BCUT2D eigenvalue weighted by Gasteiger charge is 2.25. The van der Waals surface area contributed by atoms with Crippen molar-refractivity contribution in [3.63, 3.8) is 0 Å². The van der Waals surface area contributed by atoms with Crippen LogP contribution in [0.4, 0.5) is 5.69 Å². The smallest absolute Gasteiger partial charge is 0.161 e. The van der Waals surface area contributed by atoms with E-state index in [4.69, 9.17) is 33.7 Å². The first-order valence-electron chi connectivity index (χ1n) is 5.65. The quantitative estimate of drug-likeness (QED) is 0.779. The Morgan fingerprint density at radius 1 is 1.21 bits per heavy atom. The lowest BCUT2D eigenvalue weighted by molar-refractivity contribution is 0.110. The predicted octanol–water partition coefficient (Wildman–Crippen LogP) is 4.38. The summed E-state index contributed by atoms with van der Waals surface area (Å²) in [7, 11) is 0. The van der Waals surface area contributed by atoms with Crippen molar-refractivity contribution in [2.45, 2.75) is 26.3 Å². The maximum atomic E-state index is 6.02. The molecule has 106 valence electrons. The number of nitrogen functional groups attached to an aromatic ring is 1. The number of hydrogen-bond acceptors (Lipinski definition) is 3. The lowest BCUT2D eigenvalue weighted by Gasteiger charge is -2.29. The molecule has 0 saturated heterocycles. The lowest BCUT2D eigenvalue weighted by Crippen LogP contribution is -2.35. The first-order chi connectivity index (χ1) is 8.29. The largest absolute Gasteiger partial charge is 0.471 e. The number of rotatable bonds is 1. The molecule has 2 N–H and O–H groups in total. The van der Waals surface area contributed by atoms with Gasteiger partial charge in [0.05, 0.1) is 15.7 Å². The van der Waals surface area contributed by atoms with Crippen LogP contribution in [0.1, 0.15) is 26.3 Å². The third-order valence-corrected chi connectivity index (χ3v) is 3.48. The molecule has 0 aromatic heterocycles. The Labute approximate surface area is 129 Å². The van der Waals surface area contributed by atoms with Gasteiger partial charge in [-0.05, 0) is 32.9 Å². The maximum Gasteiger partial charge on any atom is 0.161 e. The molecule has 3 nitrogen and oxygen atoms in total. The van der Waals surface area contributed by atoms with Gasteiger partial charge >= 0.3 is 0 Å². The van der Waals surface area contributed by atoms with Crippen LogP contribution in [0.15, 0.2) is 18.3 Å². The highest BCUT2D eigenvalue weighted by Crippen LogP contribution is 2.34. The van der Waals surface area contributed by atoms with Crippen LogP contribution in [-0.4, -0.2) is 17.2 Å². The second kappa shape index (κ2) is 5.70. The molecule has 0 amide bonds. The second-order valence-electron chi connectivity index (χ2n) is 5.26. The van der Waals surface area contributed by atoms with Crippen molar-refractivity contribution in [3.05, 3.63) is 33.9 Å². The Bertz CT molecular complexity index is 486. The number of nitrogens with zero attached hydrogens (tertiary/aromatic N) is 1. The Morgan fingerprint density at radius 2 is 1.74 bits per heavy atom. The molecule has 1 aromatic carbocycles. The van der Waals surface area contributed by atoms with E-state index >= 15 is 0 Å². The third kappa shape index (κ3) is 3.41. The van der Waals surface area contributed by atoms with Gasteiger partial charge in [-0.3, -0.25) is 0 Å². The highest BCUT2D eigenvalue weighted by molar-refractivity contribution is 6.39. The fourth-order valence-corrected chi connectivity index (χ4v) is 2.11. The molecule has 1 aliphatic rings. The van der Waals surface area contributed by atoms with E-state index in [2.05, 4.69) is 25.7 Å². The molecule has 0 unspecified atom stereocenters. The summed E-state index contributed by atoms with van der Waals surface area (Å²) in [5.74, 6) is 0.758. The maximum absolute atomic E-state index is 6.02. The molecular formula is C13H17Cl3N2O. The van der Waals surface area contributed by atoms with Crippen LogP contribution in [0.2, 0.25) is 10.0 Å². The second-order valence-corrected chi connectivity index (χ2v) is 6.08. The van der Waals surface area contributed by atoms with E-state index in [1.807, 2.05) is 6.20 Å². The zero-order chi connectivity index (χ0) is 13.5. The number of hydrogen-bond donors (Lipinski definition) is 1. The van der Waals surface area contributed by atoms with Crippen LogP contribution >= 0.6 is 35.6 Å². The van der Waals surface area contributed by atoms with Gasteiger partial charge in [-0.15, -0.1) is 12.4 Å². The molecular weight excluding hydrogens is 307 g/mol. The van der Waals surface area contributed by atoms with Crippen molar-refractivity contribution in [2.75, 3.05) is 12.5 Å². The van der Waals surface area contributed by atoms with Gasteiger partial charge in [0.1, 0.15) is 5.76 Å². The number of benzene rings is 1. The molecule has 0 saturated carbocycles. The normalized spacial score (nSPS) is 14.8. The van der Waals surface area contributed by atoms with Gasteiger partial charge in [-0.2, -0.15) is 0 Å². The minimum atomic E-state index is 0. The Kier molecular flexibility index (Phi) is 4.88. The summed E-state index contributed by atoms with van der Waals surface area (Å²) in [4.78, 5) is 2.11. The van der Waals surface area contributed by atoms with Crippen molar-refractivity contribution >= 4 is 47.1 Å². The van der Waals surface area contributed by atoms with E-state index in [-0.39, 0.29) is 17.9 Å². The fraction of sp³-hybridized carbons (Fsp3) is 0.385. The molecule has 0 bridgehead atoms. The third-order valence-electron chi connectivity index (χ3n) is 2.86. The first-order valence-corrected chi connectivity index (χ1v) is 6.41. The molecule has 0 radical (unpaired) electrons. The van der Waals surface area contributed by atoms with Gasteiger partial charge in [0.15, 0.2) is 6.73 Å². The molecule has 0 spiro atoms. The van der Waals surface area contributed by atoms with Crippen LogP contribution in [0, 0.1) is 0 Å². The van der Waals surface area contributed by atoms with E-state index in [1.54, 1.807) is 12.1 Å². The van der Waals surface area contributed by atoms with Crippen LogP contribution in [0.25, 0.3) is 5.76 Å². The SMILES string of the molecule is CC(C)(C)N1C=C(c2cc(Cl)c(N)c(Cl)c2)OC1.Cl. The summed E-state index contributed by atoms with van der Waals surface area (Å²) >= 11 is 12.0. The summed E-state index contributed by atoms with van der Waals surface area (Å²) in [6, 6.07) is 3.53. The monoisotopic (exact) mass is 322 g/mol. The Balaban J connectivity index is 0.00000180. The van der Waals surface area contributed by atoms with E-state index < -0.39 is 0 Å². The topological polar surface area (TPSA) is 38.5 Å². The van der Waals surface area contributed by atoms with Gasteiger partial charge in [-0.25, -0.2) is 0 Å². The number of nitrogens with two attached hydrogens (primary N) is 1. The number of halogens is 3. The van der Waals surface area contributed by atoms with Gasteiger partial charge in [0.2, 0.25) is 0 Å². The average molecular weight is 324 g/mol. The fourth-order valence-electron chi connectivity index (χ4n) is 1.63. The first kappa shape index (κ1) is 16.3. The van der Waals surface area contributed by atoms with E-state index in [0.29, 0.717) is 22.5 Å². The summed E-state index contributed by atoms with van der Waals surface area (Å²) in [5.41, 5.74) is 6.96. The van der Waals surface area contributed by atoms with E-state index in [1.165, 1.54) is 0 Å². The average Bonchev–Trinajstić information content (AvgIpc) is 2.73. The lowest BCUT2D eigenvalue weighted by atomic mass is 10.1. The van der Waals surface area contributed by atoms with Gasteiger partial charge in [0, 0.05) is 17.3 Å². The van der Waals surface area contributed by atoms with Gasteiger partial charge in [0.25, 0.3) is 0 Å². The molecule has 1 aromatic rings. The minimum absolute atomic E-state index is 0. The summed E-state index contributed by atoms with van der Waals surface area (Å²) in [6.07, 6.45) is 1.97. The summed E-state index contributed by atoms with van der Waals surface area (Å²) in [6.45, 7) is 6.90. The number of anilines is 1. The minimum Gasteiger partial charge on any atom is -0.471 e. The van der Waals surface area contributed by atoms with Crippen LogP contribution < -0.4 is 5.73 Å². The van der Waals surface area contributed by atoms with Crippen molar-refractivity contribution in [3.8, 4) is 0 Å². The molecule has 0 fully saturated rings. The molecule has 2 rings (SSSR count). The zero-order valence-electron chi connectivity index (χ0n) is 11.0. The standard InChI is InChI=1S/C13H16Cl2N2O.ClH/c1-13(2,3)17-6-11(18-7-17)8-4-9(14)12(16)10(15)5-8;/h4-6H,7,16H2,1-3H3;1H. The molecule has 0 aliphatic carbocycles. The van der Waals surface area contributed by atoms with Gasteiger partial charge in [-0.1, -0.05) is 23.2 Å². The van der Waals surface area contributed by atoms with Crippen molar-refractivity contribution in [2.24, 2.45) is 0 Å². The molecule has 1 aliphatic heterocycles. The van der Waals surface area contributed by atoms with Crippen LogP contribution in [0.3, 0.4) is 0 Å². The van der Waals surface area contributed by atoms with Crippen molar-refractivity contribution in [1.82, 2.24) is 4.90 Å². The number of ether oxygens (including phenoxy) is 1. The Hall–Kier alpha value is -0.770. The molecule has 1 heterocycles. The summed E-state index contributed by atoms with van der Waals surface area (Å²) < 4.78 is 5.66. The zero-order valence-corrected chi connectivity index (χ0v) is 13.4. The molecule has 19 heavy (non-hydrogen) atoms. The Morgan fingerprint density at radius 3 is 2.16 bits per heavy atom.